The minimum atomic E-state index is -1.01. The van der Waals surface area contributed by atoms with E-state index in [1.807, 2.05) is 25.3 Å². The SMILES string of the molecule is COC[C@H](C)C1=CN(c2ccc(C(=O)O)cc2)C(=O)N[C@@]1(C)c1ccc(CCC(C)(C)C)c(Cl)c1. The Kier molecular flexibility index (Phi) is 7.97. The lowest BCUT2D eigenvalue weighted by molar-refractivity contribution is 0.0697. The van der Waals surface area contributed by atoms with E-state index in [9.17, 15) is 14.7 Å². The Bertz CT molecular complexity index is 1120. The molecule has 0 aromatic heterocycles. The molecule has 2 aromatic carbocycles. The number of aromatic carboxylic acids is 1. The summed E-state index contributed by atoms with van der Waals surface area (Å²) in [6, 6.07) is 12.0. The average molecular weight is 499 g/mol. The Hall–Kier alpha value is -2.83. The van der Waals surface area contributed by atoms with Gasteiger partial charge in [-0.25, -0.2) is 9.59 Å². The Morgan fingerprint density at radius 2 is 1.86 bits per heavy atom. The second-order valence-corrected chi connectivity index (χ2v) is 11.0. The fourth-order valence-corrected chi connectivity index (χ4v) is 4.67. The minimum absolute atomic E-state index is 0.00858. The molecule has 0 unspecified atom stereocenters. The van der Waals surface area contributed by atoms with Crippen LogP contribution < -0.4 is 10.2 Å². The van der Waals surface area contributed by atoms with Crippen LogP contribution in [-0.2, 0) is 16.7 Å². The maximum atomic E-state index is 13.3. The van der Waals surface area contributed by atoms with E-state index in [1.165, 1.54) is 17.0 Å². The molecule has 2 atom stereocenters. The van der Waals surface area contributed by atoms with E-state index < -0.39 is 11.5 Å². The Balaban J connectivity index is 2.01. The van der Waals surface area contributed by atoms with Gasteiger partial charge in [0.25, 0.3) is 0 Å². The molecule has 2 amide bonds. The first-order chi connectivity index (χ1) is 16.4. The third-order valence-electron chi connectivity index (χ3n) is 6.54. The molecule has 0 aliphatic carbocycles. The minimum Gasteiger partial charge on any atom is -0.478 e. The molecule has 0 fully saturated rings. The van der Waals surface area contributed by atoms with Crippen LogP contribution in [0.3, 0.4) is 0 Å². The van der Waals surface area contributed by atoms with E-state index in [4.69, 9.17) is 16.3 Å². The van der Waals surface area contributed by atoms with Crippen LogP contribution in [0, 0.1) is 11.3 Å². The highest BCUT2D eigenvalue weighted by Gasteiger charge is 2.41. The topological polar surface area (TPSA) is 78.9 Å². The van der Waals surface area contributed by atoms with Crippen molar-refractivity contribution in [2.45, 2.75) is 53.0 Å². The number of nitrogens with one attached hydrogen (secondary N) is 1. The van der Waals surface area contributed by atoms with Crippen molar-refractivity contribution in [2.24, 2.45) is 11.3 Å². The summed E-state index contributed by atoms with van der Waals surface area (Å²) in [4.78, 5) is 26.0. The lowest BCUT2D eigenvalue weighted by atomic mass is 9.77. The Morgan fingerprint density at radius 3 is 2.40 bits per heavy atom. The van der Waals surface area contributed by atoms with Crippen LogP contribution in [0.4, 0.5) is 10.5 Å². The molecule has 0 saturated heterocycles. The van der Waals surface area contributed by atoms with Gasteiger partial charge in [-0.15, -0.1) is 0 Å². The van der Waals surface area contributed by atoms with Crippen molar-refractivity contribution in [3.63, 3.8) is 0 Å². The summed E-state index contributed by atoms with van der Waals surface area (Å²) in [5.41, 5.74) is 3.10. The van der Waals surface area contributed by atoms with Crippen LogP contribution in [0.5, 0.6) is 0 Å². The Morgan fingerprint density at radius 1 is 1.20 bits per heavy atom. The second kappa shape index (κ2) is 10.4. The first kappa shape index (κ1) is 26.8. The number of hydrogen-bond donors (Lipinski definition) is 2. The maximum Gasteiger partial charge on any atom is 0.335 e. The molecular weight excluding hydrogens is 464 g/mol. The summed E-state index contributed by atoms with van der Waals surface area (Å²) >= 11 is 6.71. The van der Waals surface area contributed by atoms with Crippen LogP contribution in [0.2, 0.25) is 5.02 Å². The highest BCUT2D eigenvalue weighted by atomic mass is 35.5. The van der Waals surface area contributed by atoms with E-state index in [2.05, 4.69) is 39.1 Å². The molecule has 2 aromatic rings. The van der Waals surface area contributed by atoms with Crippen LogP contribution in [0.1, 0.15) is 62.5 Å². The number of halogens is 1. The number of rotatable bonds is 8. The zero-order valence-electron chi connectivity index (χ0n) is 21.3. The number of benzene rings is 2. The first-order valence-corrected chi connectivity index (χ1v) is 12.2. The molecule has 0 saturated carbocycles. The molecule has 0 radical (unpaired) electrons. The number of carboxylic acids is 1. The number of nitrogens with zero attached hydrogens (tertiary/aromatic N) is 1. The number of urea groups is 1. The van der Waals surface area contributed by atoms with Gasteiger partial charge in [0.05, 0.1) is 23.4 Å². The number of anilines is 1. The number of carbonyl (C=O) groups is 2. The molecule has 7 heteroatoms. The van der Waals surface area contributed by atoms with Gasteiger partial charge in [0.15, 0.2) is 0 Å². The van der Waals surface area contributed by atoms with Crippen LogP contribution in [0.25, 0.3) is 0 Å². The molecule has 6 nitrogen and oxygen atoms in total. The number of ether oxygens (including phenoxy) is 1. The fraction of sp³-hybridized carbons (Fsp3) is 0.429. The van der Waals surface area contributed by atoms with Gasteiger partial charge in [-0.3, -0.25) is 4.90 Å². The van der Waals surface area contributed by atoms with E-state index >= 15 is 0 Å². The van der Waals surface area contributed by atoms with Crippen LogP contribution in [0.15, 0.2) is 54.2 Å². The number of hydrogen-bond acceptors (Lipinski definition) is 3. The van der Waals surface area contributed by atoms with Gasteiger partial charge in [-0.1, -0.05) is 51.4 Å². The third-order valence-corrected chi connectivity index (χ3v) is 6.89. The summed E-state index contributed by atoms with van der Waals surface area (Å²) in [7, 11) is 1.65. The fourth-order valence-electron chi connectivity index (χ4n) is 4.40. The number of carbonyl (C=O) groups excluding carboxylic acids is 1. The predicted molar refractivity (Wildman–Crippen MR) is 140 cm³/mol. The summed E-state index contributed by atoms with van der Waals surface area (Å²) in [5, 5.41) is 13.1. The first-order valence-electron chi connectivity index (χ1n) is 11.8. The number of aryl methyl sites for hydroxylation is 1. The van der Waals surface area contributed by atoms with Crippen molar-refractivity contribution >= 4 is 29.3 Å². The van der Waals surface area contributed by atoms with Gasteiger partial charge in [0.2, 0.25) is 0 Å². The van der Waals surface area contributed by atoms with Gasteiger partial charge >= 0.3 is 12.0 Å². The van der Waals surface area contributed by atoms with Crippen LogP contribution >= 0.6 is 11.6 Å². The predicted octanol–water partition coefficient (Wildman–Crippen LogP) is 6.63. The van der Waals surface area contributed by atoms with E-state index in [1.54, 1.807) is 19.2 Å². The molecular formula is C28H35ClN2O4. The van der Waals surface area contributed by atoms with Crippen molar-refractivity contribution in [2.75, 3.05) is 18.6 Å². The number of methoxy groups -OCH3 is 1. The van der Waals surface area contributed by atoms with Crippen molar-refractivity contribution in [1.82, 2.24) is 5.32 Å². The standard InChI is InChI=1S/C28H35ClN2O4/c1-18(17-35-6)23-16-31(22-11-8-20(9-12-22)25(32)33)26(34)30-28(23,5)21-10-7-19(24(29)15-21)13-14-27(2,3)4/h7-12,15-16,18H,13-14,17H2,1-6H3,(H,30,34)(H,32,33)/t18-,28-/m0/s1. The van der Waals surface area contributed by atoms with E-state index in [0.717, 1.165) is 29.5 Å². The monoisotopic (exact) mass is 498 g/mol. The van der Waals surface area contributed by atoms with Crippen molar-refractivity contribution < 1.29 is 19.4 Å². The van der Waals surface area contributed by atoms with Gasteiger partial charge in [0, 0.05) is 24.3 Å². The second-order valence-electron chi connectivity index (χ2n) is 10.6. The molecule has 0 spiro atoms. The summed E-state index contributed by atoms with van der Waals surface area (Å²) in [5.74, 6) is -1.02. The average Bonchev–Trinajstić information content (AvgIpc) is 2.78. The van der Waals surface area contributed by atoms with Gasteiger partial charge < -0.3 is 15.2 Å². The lowest BCUT2D eigenvalue weighted by Gasteiger charge is -2.43. The van der Waals surface area contributed by atoms with Gasteiger partial charge in [-0.05, 0) is 72.2 Å². The van der Waals surface area contributed by atoms with E-state index in [-0.39, 0.29) is 22.9 Å². The van der Waals surface area contributed by atoms with Crippen molar-refractivity contribution in [3.05, 3.63) is 76.0 Å². The zero-order chi connectivity index (χ0) is 26.0. The highest BCUT2D eigenvalue weighted by molar-refractivity contribution is 6.31. The van der Waals surface area contributed by atoms with Crippen molar-refractivity contribution in [3.8, 4) is 0 Å². The summed E-state index contributed by atoms with van der Waals surface area (Å²) in [6.07, 6.45) is 3.74. The van der Waals surface area contributed by atoms with Gasteiger partial charge in [-0.2, -0.15) is 0 Å². The number of carboxylic acid groups (broad SMARTS) is 1. The lowest BCUT2D eigenvalue weighted by Crippen LogP contribution is -2.55. The molecule has 1 heterocycles. The Labute approximate surface area is 212 Å². The molecule has 1 aliphatic heterocycles. The highest BCUT2D eigenvalue weighted by Crippen LogP contribution is 2.40. The molecule has 3 rings (SSSR count). The third kappa shape index (κ3) is 6.06. The largest absolute Gasteiger partial charge is 0.478 e. The summed E-state index contributed by atoms with van der Waals surface area (Å²) < 4.78 is 5.44. The number of amides is 2. The molecule has 0 bridgehead atoms. The normalized spacial score (nSPS) is 19.2. The molecule has 1 aliphatic rings. The molecule has 35 heavy (non-hydrogen) atoms. The quantitative estimate of drug-likeness (QED) is 0.428. The maximum absolute atomic E-state index is 13.3. The van der Waals surface area contributed by atoms with Crippen LogP contribution in [-0.4, -0.2) is 30.8 Å². The summed E-state index contributed by atoms with van der Waals surface area (Å²) in [6.45, 7) is 11.1. The zero-order valence-corrected chi connectivity index (χ0v) is 22.1. The smallest absolute Gasteiger partial charge is 0.335 e. The van der Waals surface area contributed by atoms with Gasteiger partial charge in [0.1, 0.15) is 0 Å². The molecule has 2 N–H and O–H groups in total. The molecule has 188 valence electrons. The van der Waals surface area contributed by atoms with Crippen molar-refractivity contribution in [1.29, 1.82) is 0 Å². The van der Waals surface area contributed by atoms with E-state index in [0.29, 0.717) is 17.3 Å².